The maximum absolute atomic E-state index is 13.7. The SMILES string of the molecule is CN=C(N)NC(=O)c1cc2c(C(F)(F)F)cc(OCc3ccc(CN(C)C)cc3)cc2[nH]1.CN=C(N)NC(=O)c1cc2c(C(F)(F)F)ccc(OCc3ccc(CN(C)C)cc3)c2[nH]1. The van der Waals surface area contributed by atoms with Crippen LogP contribution in [0.25, 0.3) is 21.8 Å². The van der Waals surface area contributed by atoms with Crippen molar-refractivity contribution in [2.24, 2.45) is 21.5 Å². The van der Waals surface area contributed by atoms with Gasteiger partial charge in [-0.3, -0.25) is 30.2 Å². The number of carbonyl (C=O) groups is 2. The van der Waals surface area contributed by atoms with Gasteiger partial charge < -0.3 is 40.7 Å². The van der Waals surface area contributed by atoms with Gasteiger partial charge in [0.2, 0.25) is 0 Å². The molecule has 0 atom stereocenters. The first kappa shape index (κ1) is 48.0. The number of aromatic nitrogens is 2. The Balaban J connectivity index is 0.000000241. The van der Waals surface area contributed by atoms with E-state index in [0.29, 0.717) is 0 Å². The number of hydrogen-bond donors (Lipinski definition) is 6. The number of halogens is 6. The number of H-pyrrole nitrogens is 2. The van der Waals surface area contributed by atoms with Crippen molar-refractivity contribution in [3.05, 3.63) is 130 Å². The van der Waals surface area contributed by atoms with Crippen LogP contribution in [0, 0.1) is 0 Å². The molecule has 0 radical (unpaired) electrons. The zero-order valence-corrected chi connectivity index (χ0v) is 35.8. The second-order valence-electron chi connectivity index (χ2n) is 15.0. The lowest BCUT2D eigenvalue weighted by Gasteiger charge is -2.13. The van der Waals surface area contributed by atoms with E-state index in [1.807, 2.05) is 86.5 Å². The number of hydrogen-bond acceptors (Lipinski definition) is 8. The van der Waals surface area contributed by atoms with Crippen LogP contribution in [0.4, 0.5) is 26.3 Å². The summed E-state index contributed by atoms with van der Waals surface area (Å²) in [6, 6.07) is 22.2. The molecule has 0 bridgehead atoms. The lowest BCUT2D eigenvalue weighted by atomic mass is 10.1. The monoisotopic (exact) mass is 894 g/mol. The minimum absolute atomic E-state index is 0.0330. The summed E-state index contributed by atoms with van der Waals surface area (Å²) in [6.45, 7) is 1.83. The molecule has 0 aliphatic rings. The van der Waals surface area contributed by atoms with Gasteiger partial charge in [0.15, 0.2) is 11.9 Å². The summed E-state index contributed by atoms with van der Waals surface area (Å²) >= 11 is 0. The standard InChI is InChI=1S/2C22H24F3N5O2/c1-27-21(26)29-20(31)19-10-16-17(22(23,24)25)8-15(9-18(16)28-19)32-12-14-6-4-13(5-7-14)11-30(2)3;1-27-21(26)29-20(31)17-10-15-16(22(23,24)25)8-9-18(19(15)28-17)32-12-14-6-4-13(5-7-14)11-30(2)3/h2*4-10,28H,11-12H2,1-3H3,(H3,26,27,29,31). The number of nitrogens with zero attached hydrogens (tertiary/aromatic N) is 4. The van der Waals surface area contributed by atoms with Gasteiger partial charge in [-0.1, -0.05) is 48.5 Å². The van der Waals surface area contributed by atoms with Gasteiger partial charge in [-0.25, -0.2) is 0 Å². The van der Waals surface area contributed by atoms with E-state index in [4.69, 9.17) is 20.9 Å². The Morgan fingerprint density at radius 1 is 0.609 bits per heavy atom. The second-order valence-corrected chi connectivity index (χ2v) is 15.0. The number of aromatic amines is 2. The molecule has 2 heterocycles. The van der Waals surface area contributed by atoms with Crippen LogP contribution in [-0.4, -0.2) is 85.8 Å². The first-order valence-corrected chi connectivity index (χ1v) is 19.4. The highest BCUT2D eigenvalue weighted by molar-refractivity contribution is 6.08. The molecule has 64 heavy (non-hydrogen) atoms. The largest absolute Gasteiger partial charge is 0.489 e. The van der Waals surface area contributed by atoms with E-state index >= 15 is 0 Å². The van der Waals surface area contributed by atoms with Crippen LogP contribution in [0.2, 0.25) is 0 Å². The van der Waals surface area contributed by atoms with E-state index in [1.165, 1.54) is 26.2 Å². The number of nitrogens with two attached hydrogens (primary N) is 2. The summed E-state index contributed by atoms with van der Waals surface area (Å²) in [5, 5.41) is 4.26. The maximum atomic E-state index is 13.7. The van der Waals surface area contributed by atoms with E-state index in [2.05, 4.69) is 30.6 Å². The predicted molar refractivity (Wildman–Crippen MR) is 233 cm³/mol. The van der Waals surface area contributed by atoms with Gasteiger partial charge in [-0.05, 0) is 80.8 Å². The molecule has 8 N–H and O–H groups in total. The quantitative estimate of drug-likeness (QED) is 0.0430. The highest BCUT2D eigenvalue weighted by Crippen LogP contribution is 2.40. The summed E-state index contributed by atoms with van der Waals surface area (Å²) in [6.07, 6.45) is -9.23. The fraction of sp³-hybridized carbons (Fsp3) is 0.273. The molecular formula is C44H48F6N10O4. The van der Waals surface area contributed by atoms with E-state index in [1.54, 1.807) is 0 Å². The molecule has 0 saturated heterocycles. The van der Waals surface area contributed by atoms with E-state index in [9.17, 15) is 35.9 Å². The van der Waals surface area contributed by atoms with Gasteiger partial charge >= 0.3 is 12.4 Å². The van der Waals surface area contributed by atoms with Gasteiger partial charge in [0.25, 0.3) is 11.8 Å². The Labute approximate surface area is 364 Å². The van der Waals surface area contributed by atoms with E-state index in [-0.39, 0.29) is 69.8 Å². The summed E-state index contributed by atoms with van der Waals surface area (Å²) in [5.41, 5.74) is 13.1. The van der Waals surface area contributed by atoms with E-state index in [0.717, 1.165) is 59.6 Å². The van der Waals surface area contributed by atoms with Gasteiger partial charge in [0, 0.05) is 44.0 Å². The van der Waals surface area contributed by atoms with Gasteiger partial charge in [0.05, 0.1) is 22.2 Å². The minimum Gasteiger partial charge on any atom is -0.489 e. The third-order valence-electron chi connectivity index (χ3n) is 9.38. The topological polar surface area (TPSA) is 191 Å². The lowest BCUT2D eigenvalue weighted by Crippen LogP contribution is -2.36. The van der Waals surface area contributed by atoms with Crippen molar-refractivity contribution in [3.8, 4) is 11.5 Å². The third-order valence-corrected chi connectivity index (χ3v) is 9.38. The van der Waals surface area contributed by atoms with Crippen LogP contribution in [0.3, 0.4) is 0 Å². The number of fused-ring (bicyclic) bond motifs is 2. The first-order chi connectivity index (χ1) is 30.1. The molecule has 0 unspecified atom stereocenters. The van der Waals surface area contributed by atoms with Crippen LogP contribution >= 0.6 is 0 Å². The second kappa shape index (κ2) is 20.4. The number of nitrogens with one attached hydrogen (secondary N) is 4. The number of guanidine groups is 2. The van der Waals surface area contributed by atoms with Crippen molar-refractivity contribution in [2.45, 2.75) is 38.7 Å². The van der Waals surface area contributed by atoms with Crippen LogP contribution in [0.5, 0.6) is 11.5 Å². The Morgan fingerprint density at radius 3 is 1.53 bits per heavy atom. The van der Waals surface area contributed by atoms with Crippen molar-refractivity contribution in [1.29, 1.82) is 0 Å². The molecule has 14 nitrogen and oxygen atoms in total. The molecular weight excluding hydrogens is 847 g/mol. The minimum atomic E-state index is -4.63. The zero-order chi connectivity index (χ0) is 46.9. The molecule has 0 spiro atoms. The molecule has 2 aromatic heterocycles. The lowest BCUT2D eigenvalue weighted by molar-refractivity contribution is -0.137. The zero-order valence-electron chi connectivity index (χ0n) is 35.8. The van der Waals surface area contributed by atoms with Crippen molar-refractivity contribution in [3.63, 3.8) is 0 Å². The number of benzene rings is 4. The Hall–Kier alpha value is -7.06. The van der Waals surface area contributed by atoms with Crippen LogP contribution < -0.4 is 31.6 Å². The molecule has 0 aliphatic carbocycles. The Bertz CT molecular complexity index is 2630. The summed E-state index contributed by atoms with van der Waals surface area (Å²) < 4.78 is 93.0. The smallest absolute Gasteiger partial charge is 0.417 e. The van der Waals surface area contributed by atoms with E-state index < -0.39 is 35.3 Å². The number of aliphatic imine (C=N–C) groups is 2. The first-order valence-electron chi connectivity index (χ1n) is 19.4. The van der Waals surface area contributed by atoms with Gasteiger partial charge in [-0.2, -0.15) is 26.3 Å². The number of alkyl halides is 6. The maximum Gasteiger partial charge on any atom is 0.417 e. The number of rotatable bonds is 12. The molecule has 6 aromatic rings. The highest BCUT2D eigenvalue weighted by Gasteiger charge is 2.35. The third kappa shape index (κ3) is 12.8. The average molecular weight is 895 g/mol. The number of amides is 2. The highest BCUT2D eigenvalue weighted by atomic mass is 19.4. The molecule has 4 aromatic carbocycles. The summed E-state index contributed by atoms with van der Waals surface area (Å²) in [5.74, 6) is -1.48. The molecule has 20 heteroatoms. The fourth-order valence-corrected chi connectivity index (χ4v) is 6.35. The van der Waals surface area contributed by atoms with Crippen molar-refractivity contribution < 1.29 is 45.4 Å². The van der Waals surface area contributed by atoms with Gasteiger partial charge in [0.1, 0.15) is 36.1 Å². The van der Waals surface area contributed by atoms with Crippen molar-refractivity contribution >= 4 is 45.5 Å². The summed E-state index contributed by atoms with van der Waals surface area (Å²) in [7, 11) is 10.6. The predicted octanol–water partition coefficient (Wildman–Crippen LogP) is 7.00. The fourth-order valence-electron chi connectivity index (χ4n) is 6.35. The molecule has 0 fully saturated rings. The molecule has 2 amide bonds. The summed E-state index contributed by atoms with van der Waals surface area (Å²) in [4.78, 5) is 41.2. The van der Waals surface area contributed by atoms with Crippen molar-refractivity contribution in [1.82, 2.24) is 30.4 Å². The average Bonchev–Trinajstić information content (AvgIpc) is 3.88. The van der Waals surface area contributed by atoms with Crippen molar-refractivity contribution in [2.75, 3.05) is 42.3 Å². The number of ether oxygens (including phenoxy) is 2. The van der Waals surface area contributed by atoms with Crippen LogP contribution in [0.1, 0.15) is 54.4 Å². The molecule has 6 rings (SSSR count). The van der Waals surface area contributed by atoms with Gasteiger partial charge in [-0.15, -0.1) is 0 Å². The molecule has 0 saturated carbocycles. The molecule has 340 valence electrons. The normalized spacial score (nSPS) is 12.4. The van der Waals surface area contributed by atoms with Crippen LogP contribution in [0.15, 0.2) is 94.9 Å². The van der Waals surface area contributed by atoms with Crippen LogP contribution in [-0.2, 0) is 38.7 Å². The molecule has 0 aliphatic heterocycles. The Kier molecular flexibility index (Phi) is 15.3. The Morgan fingerprint density at radius 2 is 1.06 bits per heavy atom. The number of carbonyl (C=O) groups excluding carboxylic acids is 2.